The van der Waals surface area contributed by atoms with Gasteiger partial charge in [0.25, 0.3) is 0 Å². The van der Waals surface area contributed by atoms with Gasteiger partial charge in [0.15, 0.2) is 0 Å². The topological polar surface area (TPSA) is 45.2 Å². The smallest absolute Gasteiger partial charge is 0.224 e. The summed E-state index contributed by atoms with van der Waals surface area (Å²) in [4.78, 5) is 19.7. The van der Waals surface area contributed by atoms with E-state index in [1.807, 2.05) is 18.2 Å². The van der Waals surface area contributed by atoms with Crippen LogP contribution in [0.4, 0.5) is 11.5 Å². The molecule has 1 amide bonds. The molecular formula is C30H47N3O. The van der Waals surface area contributed by atoms with Gasteiger partial charge in [-0.15, -0.1) is 0 Å². The molecule has 0 bridgehead atoms. The molecule has 0 atom stereocenters. The molecular weight excluding hydrogens is 418 g/mol. The highest BCUT2D eigenvalue weighted by Gasteiger charge is 2.24. The number of rotatable bonds is 17. The maximum absolute atomic E-state index is 12.7. The number of aromatic nitrogens is 1. The first-order chi connectivity index (χ1) is 16.7. The summed E-state index contributed by atoms with van der Waals surface area (Å²) < 4.78 is 0. The lowest BCUT2D eigenvalue weighted by molar-refractivity contribution is -0.116. The quantitative estimate of drug-likeness (QED) is 0.238. The second-order valence-electron chi connectivity index (χ2n) is 10.2. The molecule has 0 spiro atoms. The summed E-state index contributed by atoms with van der Waals surface area (Å²) in [5.74, 6) is 1.16. The maximum Gasteiger partial charge on any atom is 0.224 e. The van der Waals surface area contributed by atoms with Crippen molar-refractivity contribution >= 4 is 28.3 Å². The van der Waals surface area contributed by atoms with Gasteiger partial charge in [-0.3, -0.25) is 4.79 Å². The summed E-state index contributed by atoms with van der Waals surface area (Å²) in [5, 5.41) is 4.31. The van der Waals surface area contributed by atoms with Crippen molar-refractivity contribution in [3.63, 3.8) is 0 Å². The van der Waals surface area contributed by atoms with E-state index in [2.05, 4.69) is 30.3 Å². The normalized spacial score (nSPS) is 12.9. The number of carbonyl (C=O) groups excluding carboxylic acids is 1. The highest BCUT2D eigenvalue weighted by Crippen LogP contribution is 2.36. The van der Waals surface area contributed by atoms with E-state index in [1.165, 1.54) is 89.0 Å². The molecule has 2 heterocycles. The molecule has 2 aromatic rings. The number of benzene rings is 1. The summed E-state index contributed by atoms with van der Waals surface area (Å²) in [6.07, 6.45) is 21.7. The average Bonchev–Trinajstić information content (AvgIpc) is 3.21. The van der Waals surface area contributed by atoms with E-state index in [-0.39, 0.29) is 5.91 Å². The van der Waals surface area contributed by atoms with Gasteiger partial charge in [0.05, 0.1) is 11.2 Å². The van der Waals surface area contributed by atoms with Crippen LogP contribution in [0.5, 0.6) is 0 Å². The molecule has 0 saturated carbocycles. The highest BCUT2D eigenvalue weighted by molar-refractivity contribution is 6.04. The van der Waals surface area contributed by atoms with Crippen molar-refractivity contribution < 1.29 is 4.79 Å². The number of likely N-dealkylation sites (N-methyl/N-ethyl adjacent to an activating group) is 1. The molecule has 1 aliphatic heterocycles. The van der Waals surface area contributed by atoms with Crippen LogP contribution in [0, 0.1) is 0 Å². The Balaban J connectivity index is 1.26. The number of nitrogens with zero attached hydrogens (tertiary/aromatic N) is 2. The van der Waals surface area contributed by atoms with Crippen LogP contribution in [0.3, 0.4) is 0 Å². The lowest BCUT2D eigenvalue weighted by Crippen LogP contribution is -2.15. The Morgan fingerprint density at radius 3 is 2.03 bits per heavy atom. The Morgan fingerprint density at radius 2 is 1.41 bits per heavy atom. The van der Waals surface area contributed by atoms with Crippen molar-refractivity contribution in [3.05, 3.63) is 29.8 Å². The monoisotopic (exact) mass is 465 g/mol. The number of anilines is 2. The Labute approximate surface area is 207 Å². The molecule has 1 aromatic carbocycles. The van der Waals surface area contributed by atoms with Crippen LogP contribution in [0.2, 0.25) is 0 Å². The summed E-state index contributed by atoms with van der Waals surface area (Å²) in [6, 6.07) is 8.15. The minimum Gasteiger partial charge on any atom is -0.359 e. The van der Waals surface area contributed by atoms with Crippen LogP contribution in [0.15, 0.2) is 24.3 Å². The number of para-hydroxylation sites is 1. The predicted octanol–water partition coefficient (Wildman–Crippen LogP) is 8.43. The van der Waals surface area contributed by atoms with Crippen LogP contribution in [-0.4, -0.2) is 24.5 Å². The number of hydrogen-bond acceptors (Lipinski definition) is 3. The van der Waals surface area contributed by atoms with Crippen LogP contribution in [0.1, 0.15) is 115 Å². The summed E-state index contributed by atoms with van der Waals surface area (Å²) in [5.41, 5.74) is 3.12. The SMILES string of the molecule is CCCCCCCCCCCCCCCCCC(=O)Nc1c2c(nc3ccccc13)N(C)CC2. The largest absolute Gasteiger partial charge is 0.359 e. The van der Waals surface area contributed by atoms with Gasteiger partial charge in [-0.05, 0) is 18.9 Å². The highest BCUT2D eigenvalue weighted by atomic mass is 16.1. The Morgan fingerprint density at radius 1 is 0.853 bits per heavy atom. The predicted molar refractivity (Wildman–Crippen MR) is 147 cm³/mol. The second-order valence-corrected chi connectivity index (χ2v) is 10.2. The van der Waals surface area contributed by atoms with E-state index in [0.717, 1.165) is 48.2 Å². The molecule has 0 aliphatic carbocycles. The van der Waals surface area contributed by atoms with Gasteiger partial charge in [-0.25, -0.2) is 4.98 Å². The Bertz CT molecular complexity index is 879. The fourth-order valence-electron chi connectivity index (χ4n) is 5.18. The maximum atomic E-state index is 12.7. The summed E-state index contributed by atoms with van der Waals surface area (Å²) in [6.45, 7) is 3.24. The number of amides is 1. The van der Waals surface area contributed by atoms with E-state index < -0.39 is 0 Å². The molecule has 1 aliphatic rings. The van der Waals surface area contributed by atoms with Gasteiger partial charge < -0.3 is 10.2 Å². The van der Waals surface area contributed by atoms with Crippen molar-refractivity contribution in [1.29, 1.82) is 0 Å². The van der Waals surface area contributed by atoms with E-state index >= 15 is 0 Å². The fourth-order valence-corrected chi connectivity index (χ4v) is 5.18. The van der Waals surface area contributed by atoms with E-state index in [0.29, 0.717) is 6.42 Å². The van der Waals surface area contributed by atoms with Crippen LogP contribution in [0.25, 0.3) is 10.9 Å². The first-order valence-corrected chi connectivity index (χ1v) is 14.1. The molecule has 4 heteroatoms. The standard InChI is InChI=1S/C30H47N3O/c1-3-4-5-6-7-8-9-10-11-12-13-14-15-16-17-22-28(34)32-29-25-20-18-19-21-27(25)31-30-26(29)23-24-33(30)2/h18-21H,3-17,22-24H2,1-2H3,(H,31,32,34). The molecule has 1 aromatic heterocycles. The lowest BCUT2D eigenvalue weighted by Gasteiger charge is -2.16. The molecule has 188 valence electrons. The number of fused-ring (bicyclic) bond motifs is 2. The third-order valence-corrected chi connectivity index (χ3v) is 7.30. The van der Waals surface area contributed by atoms with Crippen molar-refractivity contribution in [1.82, 2.24) is 4.98 Å². The van der Waals surface area contributed by atoms with Crippen molar-refractivity contribution in [2.45, 2.75) is 116 Å². The first kappa shape index (κ1) is 26.5. The van der Waals surface area contributed by atoms with Crippen LogP contribution < -0.4 is 10.2 Å². The van der Waals surface area contributed by atoms with Crippen LogP contribution in [-0.2, 0) is 11.2 Å². The zero-order valence-electron chi connectivity index (χ0n) is 21.8. The van der Waals surface area contributed by atoms with Crippen molar-refractivity contribution in [3.8, 4) is 0 Å². The Kier molecular flexibility index (Phi) is 11.7. The van der Waals surface area contributed by atoms with E-state index in [1.54, 1.807) is 0 Å². The molecule has 0 radical (unpaired) electrons. The molecule has 0 fully saturated rings. The second kappa shape index (κ2) is 15.0. The number of pyridine rings is 1. The lowest BCUT2D eigenvalue weighted by atomic mass is 10.0. The summed E-state index contributed by atoms with van der Waals surface area (Å²) in [7, 11) is 2.08. The third kappa shape index (κ3) is 8.29. The van der Waals surface area contributed by atoms with Gasteiger partial charge in [-0.1, -0.05) is 115 Å². The molecule has 0 unspecified atom stereocenters. The molecule has 34 heavy (non-hydrogen) atoms. The zero-order valence-corrected chi connectivity index (χ0v) is 21.8. The minimum atomic E-state index is 0.141. The van der Waals surface area contributed by atoms with E-state index in [4.69, 9.17) is 4.98 Å². The number of hydrogen-bond donors (Lipinski definition) is 1. The van der Waals surface area contributed by atoms with Gasteiger partial charge in [0.1, 0.15) is 5.82 Å². The minimum absolute atomic E-state index is 0.141. The van der Waals surface area contributed by atoms with Crippen molar-refractivity contribution in [2.24, 2.45) is 0 Å². The number of unbranched alkanes of at least 4 members (excludes halogenated alkanes) is 14. The number of carbonyl (C=O) groups is 1. The van der Waals surface area contributed by atoms with Crippen LogP contribution >= 0.6 is 0 Å². The van der Waals surface area contributed by atoms with E-state index in [9.17, 15) is 4.79 Å². The molecule has 1 N–H and O–H groups in total. The van der Waals surface area contributed by atoms with Crippen molar-refractivity contribution in [2.75, 3.05) is 23.8 Å². The van der Waals surface area contributed by atoms with Gasteiger partial charge in [-0.2, -0.15) is 0 Å². The third-order valence-electron chi connectivity index (χ3n) is 7.30. The summed E-state index contributed by atoms with van der Waals surface area (Å²) >= 11 is 0. The van der Waals surface area contributed by atoms with Gasteiger partial charge >= 0.3 is 0 Å². The molecule has 4 nitrogen and oxygen atoms in total. The van der Waals surface area contributed by atoms with Gasteiger partial charge in [0.2, 0.25) is 5.91 Å². The molecule has 0 saturated heterocycles. The fraction of sp³-hybridized carbons (Fsp3) is 0.667. The first-order valence-electron chi connectivity index (χ1n) is 14.1. The Hall–Kier alpha value is -2.10. The average molecular weight is 466 g/mol. The number of nitrogens with one attached hydrogen (secondary N) is 1. The zero-order chi connectivity index (χ0) is 24.0. The molecule has 3 rings (SSSR count). The van der Waals surface area contributed by atoms with Gasteiger partial charge in [0, 0.05) is 31.0 Å².